The van der Waals surface area contributed by atoms with Crippen LogP contribution in [0, 0.1) is 6.92 Å². The molecule has 1 atom stereocenters. The van der Waals surface area contributed by atoms with Crippen LogP contribution in [-0.4, -0.2) is 44.6 Å². The Hall–Kier alpha value is -1.88. The summed E-state index contributed by atoms with van der Waals surface area (Å²) in [6, 6.07) is 5.28. The minimum atomic E-state index is 0.523. The van der Waals surface area contributed by atoms with Gasteiger partial charge in [0.05, 0.1) is 11.9 Å². The number of nitrogens with one attached hydrogen (secondary N) is 1. The van der Waals surface area contributed by atoms with Crippen molar-refractivity contribution in [1.29, 1.82) is 0 Å². The summed E-state index contributed by atoms with van der Waals surface area (Å²) in [6.07, 6.45) is 6.83. The standard InChI is InChI=1S/C16H23N5/c1-12(2)20-8-6-15(11-20)19-14-4-5-16(18-10-14)21-9-7-17-13(21)3/h4-5,7,9-10,12,15,19H,6,8,11H2,1-3H3. The number of hydrogen-bond acceptors (Lipinski definition) is 4. The fourth-order valence-electron chi connectivity index (χ4n) is 2.84. The van der Waals surface area contributed by atoms with E-state index >= 15 is 0 Å². The fraction of sp³-hybridized carbons (Fsp3) is 0.500. The van der Waals surface area contributed by atoms with E-state index in [0.717, 1.165) is 23.9 Å². The predicted octanol–water partition coefficient (Wildman–Crippen LogP) is 2.47. The van der Waals surface area contributed by atoms with Crippen molar-refractivity contribution in [3.8, 4) is 5.82 Å². The number of aryl methyl sites for hydroxylation is 1. The first-order chi connectivity index (χ1) is 10.1. The van der Waals surface area contributed by atoms with Crippen molar-refractivity contribution in [2.24, 2.45) is 0 Å². The molecular formula is C16H23N5. The van der Waals surface area contributed by atoms with Gasteiger partial charge < -0.3 is 5.32 Å². The van der Waals surface area contributed by atoms with Crippen LogP contribution in [0.3, 0.4) is 0 Å². The van der Waals surface area contributed by atoms with E-state index in [4.69, 9.17) is 0 Å². The lowest BCUT2D eigenvalue weighted by molar-refractivity contribution is 0.274. The lowest BCUT2D eigenvalue weighted by Gasteiger charge is -2.20. The zero-order chi connectivity index (χ0) is 14.8. The molecule has 0 aromatic carbocycles. The van der Waals surface area contributed by atoms with Crippen LogP contribution < -0.4 is 5.32 Å². The lowest BCUT2D eigenvalue weighted by Crippen LogP contribution is -2.31. The smallest absolute Gasteiger partial charge is 0.138 e. The molecule has 3 heterocycles. The van der Waals surface area contributed by atoms with E-state index in [0.29, 0.717) is 12.1 Å². The zero-order valence-corrected chi connectivity index (χ0v) is 13.0. The van der Waals surface area contributed by atoms with Gasteiger partial charge in [-0.15, -0.1) is 0 Å². The molecule has 1 saturated heterocycles. The van der Waals surface area contributed by atoms with E-state index in [2.05, 4.69) is 40.1 Å². The maximum absolute atomic E-state index is 4.53. The molecule has 112 valence electrons. The number of likely N-dealkylation sites (tertiary alicyclic amines) is 1. The van der Waals surface area contributed by atoms with Crippen molar-refractivity contribution >= 4 is 5.69 Å². The van der Waals surface area contributed by atoms with E-state index in [1.807, 2.05) is 30.0 Å². The molecule has 0 aliphatic carbocycles. The first kappa shape index (κ1) is 14.1. The maximum atomic E-state index is 4.53. The highest BCUT2D eigenvalue weighted by atomic mass is 15.2. The van der Waals surface area contributed by atoms with Gasteiger partial charge in [0.25, 0.3) is 0 Å². The van der Waals surface area contributed by atoms with Crippen molar-refractivity contribution in [2.45, 2.75) is 39.3 Å². The molecule has 5 nitrogen and oxygen atoms in total. The number of imidazole rings is 1. The van der Waals surface area contributed by atoms with Gasteiger partial charge in [-0.3, -0.25) is 9.47 Å². The number of nitrogens with zero attached hydrogens (tertiary/aromatic N) is 4. The van der Waals surface area contributed by atoms with Gasteiger partial charge in [-0.1, -0.05) is 0 Å². The van der Waals surface area contributed by atoms with Gasteiger partial charge in [0.15, 0.2) is 0 Å². The van der Waals surface area contributed by atoms with E-state index in [-0.39, 0.29) is 0 Å². The Labute approximate surface area is 126 Å². The van der Waals surface area contributed by atoms with Crippen LogP contribution in [0.15, 0.2) is 30.7 Å². The minimum absolute atomic E-state index is 0.523. The van der Waals surface area contributed by atoms with Crippen LogP contribution >= 0.6 is 0 Å². The number of anilines is 1. The van der Waals surface area contributed by atoms with Crippen molar-refractivity contribution in [1.82, 2.24) is 19.4 Å². The van der Waals surface area contributed by atoms with Crippen molar-refractivity contribution < 1.29 is 0 Å². The minimum Gasteiger partial charge on any atom is -0.380 e. The van der Waals surface area contributed by atoms with Crippen molar-refractivity contribution in [3.63, 3.8) is 0 Å². The summed E-state index contributed by atoms with van der Waals surface area (Å²) in [5, 5.41) is 3.58. The first-order valence-corrected chi connectivity index (χ1v) is 7.60. The number of rotatable bonds is 4. The van der Waals surface area contributed by atoms with Crippen LogP contribution in [0.4, 0.5) is 5.69 Å². The molecule has 0 saturated carbocycles. The molecule has 3 rings (SSSR count). The molecule has 1 N–H and O–H groups in total. The number of pyridine rings is 1. The summed E-state index contributed by atoms with van der Waals surface area (Å²) < 4.78 is 1.99. The summed E-state index contributed by atoms with van der Waals surface area (Å²) in [7, 11) is 0. The van der Waals surface area contributed by atoms with Gasteiger partial charge in [-0.2, -0.15) is 0 Å². The molecule has 0 spiro atoms. The molecule has 5 heteroatoms. The second kappa shape index (κ2) is 5.85. The third kappa shape index (κ3) is 3.08. The summed E-state index contributed by atoms with van der Waals surface area (Å²) >= 11 is 0. The molecule has 21 heavy (non-hydrogen) atoms. The van der Waals surface area contributed by atoms with E-state index in [1.54, 1.807) is 6.20 Å². The highest BCUT2D eigenvalue weighted by Gasteiger charge is 2.23. The maximum Gasteiger partial charge on any atom is 0.138 e. The Morgan fingerprint density at radius 3 is 2.71 bits per heavy atom. The highest BCUT2D eigenvalue weighted by molar-refractivity contribution is 5.45. The molecule has 1 aliphatic heterocycles. The Balaban J connectivity index is 1.64. The summed E-state index contributed by atoms with van der Waals surface area (Å²) in [5.41, 5.74) is 1.09. The molecule has 1 fully saturated rings. The van der Waals surface area contributed by atoms with Gasteiger partial charge in [-0.25, -0.2) is 9.97 Å². The normalized spacial score (nSPS) is 19.3. The molecule has 1 unspecified atom stereocenters. The SMILES string of the molecule is Cc1nccn1-c1ccc(NC2CCN(C(C)C)C2)cn1. The third-order valence-electron chi connectivity index (χ3n) is 4.14. The monoisotopic (exact) mass is 285 g/mol. The van der Waals surface area contributed by atoms with Crippen LogP contribution in [0.2, 0.25) is 0 Å². The molecule has 1 aliphatic rings. The molecule has 0 radical (unpaired) electrons. The second-order valence-electron chi connectivity index (χ2n) is 5.97. The number of hydrogen-bond donors (Lipinski definition) is 1. The summed E-state index contributed by atoms with van der Waals surface area (Å²) in [5.74, 6) is 1.86. The number of aromatic nitrogens is 3. The Kier molecular flexibility index (Phi) is 3.92. The molecule has 0 amide bonds. The predicted molar refractivity (Wildman–Crippen MR) is 84.8 cm³/mol. The van der Waals surface area contributed by atoms with Gasteiger partial charge in [0.1, 0.15) is 11.6 Å². The molecular weight excluding hydrogens is 262 g/mol. The largest absolute Gasteiger partial charge is 0.380 e. The van der Waals surface area contributed by atoms with Crippen LogP contribution in [0.1, 0.15) is 26.1 Å². The summed E-state index contributed by atoms with van der Waals surface area (Å²) in [4.78, 5) is 11.3. The quantitative estimate of drug-likeness (QED) is 0.937. The van der Waals surface area contributed by atoms with Crippen LogP contribution in [-0.2, 0) is 0 Å². The van der Waals surface area contributed by atoms with Gasteiger partial charge in [0, 0.05) is 37.6 Å². The topological polar surface area (TPSA) is 46.0 Å². The Bertz CT molecular complexity index is 587. The zero-order valence-electron chi connectivity index (χ0n) is 13.0. The third-order valence-corrected chi connectivity index (χ3v) is 4.14. The van der Waals surface area contributed by atoms with Gasteiger partial charge in [0.2, 0.25) is 0 Å². The highest BCUT2D eigenvalue weighted by Crippen LogP contribution is 2.18. The lowest BCUT2D eigenvalue weighted by atomic mass is 10.2. The fourth-order valence-corrected chi connectivity index (χ4v) is 2.84. The molecule has 0 bridgehead atoms. The van der Waals surface area contributed by atoms with Crippen molar-refractivity contribution in [2.75, 3.05) is 18.4 Å². The van der Waals surface area contributed by atoms with Gasteiger partial charge >= 0.3 is 0 Å². The van der Waals surface area contributed by atoms with Crippen LogP contribution in [0.5, 0.6) is 0 Å². The van der Waals surface area contributed by atoms with Crippen LogP contribution in [0.25, 0.3) is 5.82 Å². The Morgan fingerprint density at radius 1 is 1.29 bits per heavy atom. The van der Waals surface area contributed by atoms with E-state index < -0.39 is 0 Å². The van der Waals surface area contributed by atoms with E-state index in [9.17, 15) is 0 Å². The van der Waals surface area contributed by atoms with E-state index in [1.165, 1.54) is 13.0 Å². The average molecular weight is 285 g/mol. The van der Waals surface area contributed by atoms with Crippen molar-refractivity contribution in [3.05, 3.63) is 36.5 Å². The second-order valence-corrected chi connectivity index (χ2v) is 5.97. The average Bonchev–Trinajstić information content (AvgIpc) is 3.09. The summed E-state index contributed by atoms with van der Waals surface area (Å²) in [6.45, 7) is 8.78. The first-order valence-electron chi connectivity index (χ1n) is 7.60. The molecule has 2 aromatic rings. The van der Waals surface area contributed by atoms with Gasteiger partial charge in [-0.05, 0) is 39.3 Å². The molecule has 2 aromatic heterocycles. The Morgan fingerprint density at radius 2 is 2.14 bits per heavy atom.